The fourth-order valence-corrected chi connectivity index (χ4v) is 5.65. The maximum absolute atomic E-state index is 13.7. The monoisotopic (exact) mass is 416 g/mol. The van der Waals surface area contributed by atoms with Crippen LogP contribution in [0.4, 0.5) is 11.4 Å². The zero-order valence-electron chi connectivity index (χ0n) is 15.4. The molecule has 29 heavy (non-hydrogen) atoms. The number of aliphatic hydroxyl groups excluding tert-OH is 1. The zero-order valence-corrected chi connectivity index (χ0v) is 16.2. The Hall–Kier alpha value is -2.98. The van der Waals surface area contributed by atoms with Gasteiger partial charge in [-0.3, -0.25) is 14.4 Å². The molecule has 0 bridgehead atoms. The number of hydrogen-bond acceptors (Lipinski definition) is 6. The van der Waals surface area contributed by atoms with Crippen LogP contribution in [0, 0.1) is 10.1 Å². The average molecular weight is 416 g/mol. The first-order chi connectivity index (χ1) is 13.9. The Labute approximate surface area is 167 Å². The minimum absolute atomic E-state index is 0.0239. The number of nitrogens with zero attached hydrogens (tertiary/aromatic N) is 3. The van der Waals surface area contributed by atoms with Gasteiger partial charge in [0.05, 0.1) is 21.3 Å². The van der Waals surface area contributed by atoms with Crippen LogP contribution >= 0.6 is 0 Å². The Bertz CT molecular complexity index is 1150. The van der Waals surface area contributed by atoms with Crippen LogP contribution in [-0.2, 0) is 10.0 Å². The summed E-state index contributed by atoms with van der Waals surface area (Å²) in [4.78, 5) is 18.1. The summed E-state index contributed by atoms with van der Waals surface area (Å²) in [5.41, 5.74) is -0.0592. The van der Waals surface area contributed by atoms with E-state index >= 15 is 0 Å². The number of aromatic amines is 1. The van der Waals surface area contributed by atoms with Crippen molar-refractivity contribution in [1.29, 1.82) is 0 Å². The third kappa shape index (κ3) is 3.45. The molecule has 0 amide bonds. The van der Waals surface area contributed by atoms with Gasteiger partial charge in [0.1, 0.15) is 17.5 Å². The summed E-state index contributed by atoms with van der Waals surface area (Å²) in [7, 11) is -4.13. The summed E-state index contributed by atoms with van der Waals surface area (Å²) in [6.07, 6.45) is 3.88. The number of rotatable bonds is 5. The smallest absolute Gasteiger partial charge is 0.312 e. The number of H-pyrrole nitrogens is 1. The Morgan fingerprint density at radius 3 is 2.66 bits per heavy atom. The number of hydrogen-bond donors (Lipinski definition) is 2. The van der Waals surface area contributed by atoms with Crippen LogP contribution in [0.2, 0.25) is 0 Å². The number of pyridine rings is 1. The van der Waals surface area contributed by atoms with Crippen molar-refractivity contribution in [1.82, 2.24) is 9.97 Å². The molecule has 2 heterocycles. The fourth-order valence-electron chi connectivity index (χ4n) is 3.91. The molecule has 0 saturated heterocycles. The first-order valence-electron chi connectivity index (χ1n) is 9.27. The Morgan fingerprint density at radius 1 is 1.21 bits per heavy atom. The molecule has 0 spiro atoms. The van der Waals surface area contributed by atoms with E-state index in [2.05, 4.69) is 9.97 Å². The van der Waals surface area contributed by atoms with Crippen LogP contribution in [-0.4, -0.2) is 40.6 Å². The fraction of sp³-hybridized carbons (Fsp3) is 0.316. The summed E-state index contributed by atoms with van der Waals surface area (Å²) in [6.45, 7) is 0. The molecule has 0 unspecified atom stereocenters. The summed E-state index contributed by atoms with van der Waals surface area (Å²) >= 11 is 0. The lowest BCUT2D eigenvalue weighted by molar-refractivity contribution is -0.384. The molecular formula is C19H20N4O5S. The van der Waals surface area contributed by atoms with E-state index in [1.807, 2.05) is 0 Å². The standard InChI is InChI=1S/C19H20N4O5S/c24-14-6-4-5-13(11-14)22(29(27,28)15-7-2-1-3-8-15)18-16-9-10-20-19(16)21-12-17(18)23(25)26/h1-3,7-10,12-14,24H,4-6,11H2,(H,20,21)/t13-,14-/m1/s1. The van der Waals surface area contributed by atoms with E-state index in [9.17, 15) is 23.6 Å². The first-order valence-corrected chi connectivity index (χ1v) is 10.7. The molecule has 2 N–H and O–H groups in total. The van der Waals surface area contributed by atoms with Gasteiger partial charge in [0, 0.05) is 12.2 Å². The van der Waals surface area contributed by atoms with E-state index in [4.69, 9.17) is 0 Å². The molecule has 3 aromatic rings. The van der Waals surface area contributed by atoms with Crippen LogP contribution in [0.1, 0.15) is 25.7 Å². The van der Waals surface area contributed by atoms with Crippen LogP contribution in [0.15, 0.2) is 53.7 Å². The van der Waals surface area contributed by atoms with Gasteiger partial charge in [0.15, 0.2) is 0 Å². The predicted octanol–water partition coefficient (Wildman–Crippen LogP) is 2.97. The maximum atomic E-state index is 13.7. The quantitative estimate of drug-likeness (QED) is 0.486. The van der Waals surface area contributed by atoms with Crippen LogP contribution < -0.4 is 4.31 Å². The summed E-state index contributed by atoms with van der Waals surface area (Å²) < 4.78 is 28.5. The molecule has 0 radical (unpaired) electrons. The lowest BCUT2D eigenvalue weighted by Gasteiger charge is -2.36. The molecule has 1 aliphatic carbocycles. The van der Waals surface area contributed by atoms with Crippen molar-refractivity contribution in [3.05, 3.63) is 58.9 Å². The third-order valence-electron chi connectivity index (χ3n) is 5.21. The van der Waals surface area contributed by atoms with Gasteiger partial charge in [0.2, 0.25) is 0 Å². The van der Waals surface area contributed by atoms with Crippen LogP contribution in [0.25, 0.3) is 11.0 Å². The van der Waals surface area contributed by atoms with Crippen molar-refractivity contribution in [3.63, 3.8) is 0 Å². The van der Waals surface area contributed by atoms with E-state index in [-0.39, 0.29) is 17.0 Å². The van der Waals surface area contributed by atoms with E-state index in [1.165, 1.54) is 12.1 Å². The van der Waals surface area contributed by atoms with E-state index in [0.29, 0.717) is 30.3 Å². The highest BCUT2D eigenvalue weighted by Crippen LogP contribution is 2.41. The molecule has 10 heteroatoms. The first kappa shape index (κ1) is 19.3. The molecule has 1 fully saturated rings. The number of anilines is 1. The van der Waals surface area contributed by atoms with Gasteiger partial charge < -0.3 is 10.1 Å². The number of nitrogens with one attached hydrogen (secondary N) is 1. The Morgan fingerprint density at radius 2 is 1.97 bits per heavy atom. The van der Waals surface area contributed by atoms with Crippen molar-refractivity contribution in [2.45, 2.75) is 42.7 Å². The number of aromatic nitrogens is 2. The molecule has 1 aliphatic rings. The molecule has 0 aliphatic heterocycles. The average Bonchev–Trinajstić information content (AvgIpc) is 3.18. The van der Waals surface area contributed by atoms with E-state index < -0.39 is 32.8 Å². The molecule has 4 rings (SSSR count). The zero-order chi connectivity index (χ0) is 20.6. The highest BCUT2D eigenvalue weighted by molar-refractivity contribution is 7.92. The van der Waals surface area contributed by atoms with E-state index in [0.717, 1.165) is 10.5 Å². The third-order valence-corrected chi connectivity index (χ3v) is 7.07. The van der Waals surface area contributed by atoms with Gasteiger partial charge in [-0.05, 0) is 43.9 Å². The van der Waals surface area contributed by atoms with Gasteiger partial charge in [-0.15, -0.1) is 0 Å². The normalized spacial score (nSPS) is 19.9. The molecule has 152 valence electrons. The van der Waals surface area contributed by atoms with Gasteiger partial charge in [-0.25, -0.2) is 13.4 Å². The van der Waals surface area contributed by atoms with Crippen molar-refractivity contribution >= 4 is 32.4 Å². The lowest BCUT2D eigenvalue weighted by Crippen LogP contribution is -2.44. The van der Waals surface area contributed by atoms with Crippen molar-refractivity contribution in [2.24, 2.45) is 0 Å². The molecule has 1 saturated carbocycles. The Balaban J connectivity index is 1.99. The molecule has 1 aromatic carbocycles. The highest BCUT2D eigenvalue weighted by Gasteiger charge is 2.39. The minimum atomic E-state index is -4.13. The predicted molar refractivity (Wildman–Crippen MR) is 107 cm³/mol. The summed E-state index contributed by atoms with van der Waals surface area (Å²) in [5.74, 6) is 0. The van der Waals surface area contributed by atoms with E-state index in [1.54, 1.807) is 30.5 Å². The summed E-state index contributed by atoms with van der Waals surface area (Å²) in [5, 5.41) is 22.3. The minimum Gasteiger partial charge on any atom is -0.393 e. The summed E-state index contributed by atoms with van der Waals surface area (Å²) in [6, 6.07) is 8.81. The Kier molecular flexibility index (Phi) is 4.97. The van der Waals surface area contributed by atoms with Gasteiger partial charge in [-0.2, -0.15) is 0 Å². The topological polar surface area (TPSA) is 129 Å². The SMILES string of the molecule is O=[N+]([O-])c1cnc2[nH]ccc2c1N([C@@H]1CCC[C@@H](O)C1)S(=O)(=O)c1ccccc1. The molecule has 9 nitrogen and oxygen atoms in total. The number of sulfonamides is 1. The van der Waals surface area contributed by atoms with Crippen LogP contribution in [0.3, 0.4) is 0 Å². The molecular weight excluding hydrogens is 396 g/mol. The second kappa shape index (κ2) is 7.45. The van der Waals surface area contributed by atoms with Crippen molar-refractivity contribution in [3.8, 4) is 0 Å². The van der Waals surface area contributed by atoms with Gasteiger partial charge >= 0.3 is 5.69 Å². The lowest BCUT2D eigenvalue weighted by atomic mass is 9.92. The number of benzene rings is 1. The van der Waals surface area contributed by atoms with Crippen molar-refractivity contribution < 1.29 is 18.4 Å². The van der Waals surface area contributed by atoms with Gasteiger partial charge in [0.25, 0.3) is 10.0 Å². The van der Waals surface area contributed by atoms with Crippen molar-refractivity contribution in [2.75, 3.05) is 4.31 Å². The largest absolute Gasteiger partial charge is 0.393 e. The maximum Gasteiger partial charge on any atom is 0.312 e. The second-order valence-electron chi connectivity index (χ2n) is 7.08. The number of nitro groups is 1. The number of fused-ring (bicyclic) bond motifs is 1. The second-order valence-corrected chi connectivity index (χ2v) is 8.89. The number of aliphatic hydroxyl groups is 1. The molecule has 2 atom stereocenters. The van der Waals surface area contributed by atoms with Gasteiger partial charge in [-0.1, -0.05) is 18.2 Å². The van der Waals surface area contributed by atoms with Crippen LogP contribution in [0.5, 0.6) is 0 Å². The highest BCUT2D eigenvalue weighted by atomic mass is 32.2. The molecule has 2 aromatic heterocycles.